The molecule has 0 rings (SSSR count). The molecule has 12 heteroatoms. The van der Waals surface area contributed by atoms with Crippen LogP contribution < -0.4 is 0 Å². The van der Waals surface area contributed by atoms with Crippen LogP contribution >= 0.6 is 0 Å². The van der Waals surface area contributed by atoms with Gasteiger partial charge in [-0.2, -0.15) is 0 Å². The summed E-state index contributed by atoms with van der Waals surface area (Å²) in [6.45, 7) is 25.3. The van der Waals surface area contributed by atoms with Crippen LogP contribution in [0.1, 0.15) is 511 Å². The van der Waals surface area contributed by atoms with E-state index >= 15 is 0 Å². The Kier molecular flexibility index (Phi) is 86.7. The highest BCUT2D eigenvalue weighted by atomic mass is 16.6. The van der Waals surface area contributed by atoms with Crippen molar-refractivity contribution >= 4 is 23.9 Å². The average Bonchev–Trinajstić information content (AvgIpc) is 0.920. The predicted octanol–water partition coefficient (Wildman–Crippen LogP) is 29.7. The van der Waals surface area contributed by atoms with E-state index in [1.165, 1.54) is 366 Å². The van der Waals surface area contributed by atoms with Gasteiger partial charge in [0, 0.05) is 51.9 Å². The number of nitrogens with zero attached hydrogens (tertiary/aromatic N) is 4. The van der Waals surface area contributed by atoms with Crippen LogP contribution in [0.25, 0.3) is 0 Å². The summed E-state index contributed by atoms with van der Waals surface area (Å²) < 4.78 is 24.5. The number of unbranched alkanes of at least 4 members (excludes halogenated alkanes) is 45. The van der Waals surface area contributed by atoms with Crippen molar-refractivity contribution in [3.63, 3.8) is 0 Å². The number of carbonyl (C=O) groups is 4. The van der Waals surface area contributed by atoms with E-state index in [9.17, 15) is 19.2 Å². The highest BCUT2D eigenvalue weighted by Gasteiger charge is 2.21. The van der Waals surface area contributed by atoms with Gasteiger partial charge in [0.05, 0.1) is 13.2 Å². The Labute approximate surface area is 712 Å². The molecule has 0 aromatic rings. The Balaban J connectivity index is 4.97. The van der Waals surface area contributed by atoms with Crippen molar-refractivity contribution in [1.82, 2.24) is 19.6 Å². The third kappa shape index (κ3) is 80.8. The molecule has 0 spiro atoms. The maximum atomic E-state index is 13.4. The zero-order chi connectivity index (χ0) is 83.3. The summed E-state index contributed by atoms with van der Waals surface area (Å²) in [7, 11) is 8.62. The third-order valence-corrected chi connectivity index (χ3v) is 24.8. The van der Waals surface area contributed by atoms with Crippen LogP contribution in [0.3, 0.4) is 0 Å². The maximum absolute atomic E-state index is 13.4. The highest BCUT2D eigenvalue weighted by molar-refractivity contribution is 5.70. The molecule has 678 valence electrons. The molecule has 0 saturated carbocycles. The Morgan fingerprint density at radius 1 is 0.202 bits per heavy atom. The molecule has 0 aliphatic heterocycles. The molecule has 0 amide bonds. The Morgan fingerprint density at radius 2 is 0.439 bits per heavy atom. The summed E-state index contributed by atoms with van der Waals surface area (Å²) in [4.78, 5) is 62.4. The van der Waals surface area contributed by atoms with E-state index in [0.717, 1.165) is 123 Å². The van der Waals surface area contributed by atoms with Gasteiger partial charge in [-0.05, 0) is 188 Å². The van der Waals surface area contributed by atoms with Crippen LogP contribution in [0.5, 0.6) is 0 Å². The normalized spacial score (nSPS) is 13.0. The second-order valence-electron chi connectivity index (χ2n) is 36.8. The summed E-state index contributed by atoms with van der Waals surface area (Å²) in [5.41, 5.74) is 0. The van der Waals surface area contributed by atoms with Crippen LogP contribution in [-0.2, 0) is 38.1 Å². The van der Waals surface area contributed by atoms with Crippen LogP contribution in [0.4, 0.5) is 0 Å². The van der Waals surface area contributed by atoms with Gasteiger partial charge in [0.1, 0.15) is 12.2 Å². The zero-order valence-corrected chi connectivity index (χ0v) is 78.9. The van der Waals surface area contributed by atoms with Gasteiger partial charge in [0.15, 0.2) is 0 Å². The van der Waals surface area contributed by atoms with E-state index in [1.807, 2.05) is 0 Å². The molecular formula is C102H202N4O8. The number of hydrogen-bond acceptors (Lipinski definition) is 12. The number of hydrogen-bond donors (Lipinski definition) is 0. The number of likely N-dealkylation sites (N-methyl/N-ethyl adjacent to an activating group) is 2. The van der Waals surface area contributed by atoms with E-state index < -0.39 is 0 Å². The first-order valence-corrected chi connectivity index (χ1v) is 51.2. The Morgan fingerprint density at radius 3 is 0.737 bits per heavy atom. The van der Waals surface area contributed by atoms with E-state index in [4.69, 9.17) is 18.9 Å². The van der Waals surface area contributed by atoms with Gasteiger partial charge in [-0.1, -0.05) is 370 Å². The fraction of sp³-hybridized carbons (Fsp3) is 0.961. The van der Waals surface area contributed by atoms with Gasteiger partial charge in [-0.3, -0.25) is 19.2 Å². The minimum absolute atomic E-state index is 0.0353. The zero-order valence-electron chi connectivity index (χ0n) is 78.9. The van der Waals surface area contributed by atoms with Gasteiger partial charge in [-0.15, -0.1) is 0 Å². The first kappa shape index (κ1) is 112. The summed E-state index contributed by atoms with van der Waals surface area (Å²) in [5.74, 6) is 1.61. The van der Waals surface area contributed by atoms with Crippen LogP contribution in [0.15, 0.2) is 0 Å². The van der Waals surface area contributed by atoms with Gasteiger partial charge < -0.3 is 38.5 Å². The topological polar surface area (TPSA) is 118 Å². The number of esters is 4. The Hall–Kier alpha value is -2.28. The fourth-order valence-corrected chi connectivity index (χ4v) is 17.0. The quantitative estimate of drug-likeness (QED) is 0.0328. The summed E-state index contributed by atoms with van der Waals surface area (Å²) in [6.07, 6.45) is 85.8. The molecule has 4 unspecified atom stereocenters. The monoisotopic (exact) mass is 1610 g/mol. The minimum Gasteiger partial charge on any atom is -0.465 e. The first-order chi connectivity index (χ1) is 55.7. The fourth-order valence-electron chi connectivity index (χ4n) is 17.0. The molecule has 0 aliphatic carbocycles. The number of rotatable bonds is 94. The van der Waals surface area contributed by atoms with E-state index in [1.54, 1.807) is 0 Å². The molecule has 0 heterocycles. The SMILES string of the molecule is CCCCCCCCCCC(CCCCCCCC)COC(=O)CCCN(CCCC(=O)OCC(CCCCCCCCCC)CCCCCCCCC(CCC)CCC(CCCCCC)OC(=O)CCCCCCCCCN(CCCCCCCCCC(=O)OC(CCCCCC)CCCCCC)CCN(C)C)CCN(C)C. The first-order valence-electron chi connectivity index (χ1n) is 51.2. The molecule has 0 bridgehead atoms. The highest BCUT2D eigenvalue weighted by Crippen LogP contribution is 2.28. The second-order valence-corrected chi connectivity index (χ2v) is 36.8. The lowest BCUT2D eigenvalue weighted by molar-refractivity contribution is -0.151. The number of carbonyl (C=O) groups excluding carboxylic acids is 4. The molecule has 0 aromatic heterocycles. The van der Waals surface area contributed by atoms with Crippen molar-refractivity contribution in [1.29, 1.82) is 0 Å². The van der Waals surface area contributed by atoms with Gasteiger partial charge in [0.25, 0.3) is 0 Å². The second kappa shape index (κ2) is 88.5. The van der Waals surface area contributed by atoms with Crippen molar-refractivity contribution in [2.24, 2.45) is 17.8 Å². The van der Waals surface area contributed by atoms with Crippen LogP contribution in [0.2, 0.25) is 0 Å². The molecule has 0 fully saturated rings. The molecule has 114 heavy (non-hydrogen) atoms. The van der Waals surface area contributed by atoms with Crippen molar-refractivity contribution in [2.45, 2.75) is 523 Å². The molecule has 0 N–H and O–H groups in total. The van der Waals surface area contributed by atoms with Crippen LogP contribution in [-0.4, -0.2) is 149 Å². The van der Waals surface area contributed by atoms with E-state index in [-0.39, 0.29) is 36.1 Å². The maximum Gasteiger partial charge on any atom is 0.306 e. The largest absolute Gasteiger partial charge is 0.465 e. The van der Waals surface area contributed by atoms with Crippen LogP contribution in [0, 0.1) is 17.8 Å². The summed E-state index contributed by atoms with van der Waals surface area (Å²) >= 11 is 0. The van der Waals surface area contributed by atoms with Gasteiger partial charge in [0.2, 0.25) is 0 Å². The molecular weight excluding hydrogens is 1410 g/mol. The van der Waals surface area contributed by atoms with Gasteiger partial charge in [-0.25, -0.2) is 0 Å². The van der Waals surface area contributed by atoms with Crippen molar-refractivity contribution in [3.8, 4) is 0 Å². The van der Waals surface area contributed by atoms with Gasteiger partial charge >= 0.3 is 23.9 Å². The molecule has 0 aliphatic rings. The van der Waals surface area contributed by atoms with E-state index in [2.05, 4.69) is 96.3 Å². The molecule has 0 saturated heterocycles. The number of ether oxygens (including phenoxy) is 4. The lowest BCUT2D eigenvalue weighted by atomic mass is 9.89. The average molecular weight is 1610 g/mol. The predicted molar refractivity (Wildman–Crippen MR) is 494 cm³/mol. The molecule has 12 nitrogen and oxygen atoms in total. The summed E-state index contributed by atoms with van der Waals surface area (Å²) in [5, 5.41) is 0. The standard InChI is InChI=1S/C102H202N4O8/c1-12-19-25-31-34-38-48-57-72-95(71-56-46-33-27-21-14-3)92-111-99(107)80-67-86-106(91-89-104(10)11)87-68-81-100(108)112-93-96(73-58-49-39-35-32-26-20-13-2)74-59-50-43-42-47-55-70-94(69-18-7)82-83-98(77-62-30-24-17-6)114-102(110)79-64-52-41-37-45-54-66-85-105(90-88-103(8)9)84-65-53-44-36-40-51-63-78-101(109)113-97(75-60-28-22-15-4)76-61-29-23-16-5/h94-98H,12-93H2,1-11H3. The van der Waals surface area contributed by atoms with E-state index in [0.29, 0.717) is 56.7 Å². The lowest BCUT2D eigenvalue weighted by Gasteiger charge is -2.24. The van der Waals surface area contributed by atoms with Crippen molar-refractivity contribution in [3.05, 3.63) is 0 Å². The third-order valence-electron chi connectivity index (χ3n) is 24.8. The van der Waals surface area contributed by atoms with Crippen molar-refractivity contribution in [2.75, 3.05) is 93.8 Å². The summed E-state index contributed by atoms with van der Waals surface area (Å²) in [6, 6.07) is 0. The smallest absolute Gasteiger partial charge is 0.306 e. The molecule has 4 atom stereocenters. The van der Waals surface area contributed by atoms with Crippen molar-refractivity contribution < 1.29 is 38.1 Å². The molecule has 0 aromatic carbocycles. The molecule has 0 radical (unpaired) electrons. The Bertz CT molecular complexity index is 1980. The lowest BCUT2D eigenvalue weighted by Crippen LogP contribution is -2.34. The minimum atomic E-state index is -0.0508.